The molecular weight excluding hydrogens is 116 g/mol. The lowest BCUT2D eigenvalue weighted by molar-refractivity contribution is -0.130. The van der Waals surface area contributed by atoms with Gasteiger partial charge in [0, 0.05) is 14.2 Å². The van der Waals surface area contributed by atoms with Gasteiger partial charge in [-0.15, -0.1) is 0 Å². The van der Waals surface area contributed by atoms with Crippen LogP contribution < -0.4 is 0 Å². The molecule has 0 heterocycles. The lowest BCUT2D eigenvalue weighted by atomic mass is 9.89. The fourth-order valence-corrected chi connectivity index (χ4v) is 1.06. The van der Waals surface area contributed by atoms with E-state index in [1.165, 1.54) is 0 Å². The van der Waals surface area contributed by atoms with Crippen LogP contribution in [0.15, 0.2) is 0 Å². The Bertz CT molecular complexity index is 158. The minimum Gasteiger partial charge on any atom is -0.299 e. The maximum atomic E-state index is 10.8. The van der Waals surface area contributed by atoms with E-state index in [0.29, 0.717) is 12.8 Å². The molecule has 0 aromatic heterocycles. The van der Waals surface area contributed by atoms with Crippen molar-refractivity contribution in [1.82, 2.24) is 0 Å². The maximum absolute atomic E-state index is 10.8. The van der Waals surface area contributed by atoms with Gasteiger partial charge in [0.15, 0.2) is 0 Å². The molecule has 50 valence electrons. The Balaban J connectivity index is 2.66. The Hall–Kier alpha value is -0.660. The van der Waals surface area contributed by atoms with Crippen LogP contribution in [0.3, 0.4) is 0 Å². The first-order chi connectivity index (χ1) is 4.61. The minimum absolute atomic E-state index is 0.154. The number of hydrogen-bond acceptors (Lipinski definition) is 2. The van der Waals surface area contributed by atoms with Gasteiger partial charge in [-0.2, -0.15) is 0 Å². The lowest BCUT2D eigenvalue weighted by Gasteiger charge is -2.13. The van der Waals surface area contributed by atoms with E-state index in [1.54, 1.807) is 0 Å². The molecule has 0 spiro atoms. The zero-order valence-corrected chi connectivity index (χ0v) is 5.39. The summed E-state index contributed by atoms with van der Waals surface area (Å²) in [7, 11) is 0. The summed E-state index contributed by atoms with van der Waals surface area (Å²) in [6, 6.07) is 0. The largest absolute Gasteiger partial charge is 0.299 e. The van der Waals surface area contributed by atoms with Gasteiger partial charge < -0.3 is 0 Å². The van der Waals surface area contributed by atoms with E-state index in [1.807, 2.05) is 6.92 Å². The summed E-state index contributed by atoms with van der Waals surface area (Å²) in [5, 5.41) is 0. The van der Waals surface area contributed by atoms with E-state index in [-0.39, 0.29) is 17.5 Å². The SMILES string of the molecule is [2H]C1C(=O)CC(C)CC1=O. The van der Waals surface area contributed by atoms with Crippen molar-refractivity contribution in [2.75, 3.05) is 0 Å². The van der Waals surface area contributed by atoms with Gasteiger partial charge in [0.1, 0.15) is 11.6 Å². The predicted octanol–water partition coefficient (Wildman–Crippen LogP) is 0.945. The highest BCUT2D eigenvalue weighted by Crippen LogP contribution is 2.16. The van der Waals surface area contributed by atoms with Crippen molar-refractivity contribution in [1.29, 1.82) is 0 Å². The zero-order valence-electron chi connectivity index (χ0n) is 6.39. The first-order valence-electron chi connectivity index (χ1n) is 3.66. The first-order valence-corrected chi connectivity index (χ1v) is 3.09. The van der Waals surface area contributed by atoms with Gasteiger partial charge in [0.05, 0.1) is 6.40 Å². The van der Waals surface area contributed by atoms with Gasteiger partial charge in [0.2, 0.25) is 0 Å². The van der Waals surface area contributed by atoms with Gasteiger partial charge in [-0.1, -0.05) is 6.92 Å². The summed E-state index contributed by atoms with van der Waals surface area (Å²) < 4.78 is 7.07. The van der Waals surface area contributed by atoms with Crippen LogP contribution in [0.25, 0.3) is 0 Å². The number of carbonyl (C=O) groups excluding carboxylic acids is 2. The second-order valence-electron chi connectivity index (χ2n) is 2.59. The monoisotopic (exact) mass is 127 g/mol. The third-order valence-electron chi connectivity index (χ3n) is 1.42. The minimum atomic E-state index is -1.07. The van der Waals surface area contributed by atoms with E-state index in [4.69, 9.17) is 1.37 Å². The second-order valence-corrected chi connectivity index (χ2v) is 2.59. The highest BCUT2D eigenvalue weighted by Gasteiger charge is 2.21. The number of carbonyl (C=O) groups is 2. The van der Waals surface area contributed by atoms with Crippen LogP contribution in [-0.2, 0) is 9.59 Å². The molecule has 1 aliphatic carbocycles. The van der Waals surface area contributed by atoms with E-state index in [2.05, 4.69) is 0 Å². The van der Waals surface area contributed by atoms with Crippen molar-refractivity contribution in [2.45, 2.75) is 26.2 Å². The summed E-state index contributed by atoms with van der Waals surface area (Å²) in [6.07, 6.45) is -0.268. The zero-order chi connectivity index (χ0) is 7.72. The normalized spacial score (nSPS) is 38.6. The molecule has 0 aliphatic heterocycles. The highest BCUT2D eigenvalue weighted by atomic mass is 16.1. The Morgan fingerprint density at radius 3 is 2.33 bits per heavy atom. The second kappa shape index (κ2) is 2.29. The molecule has 0 atom stereocenters. The average molecular weight is 127 g/mol. The quantitative estimate of drug-likeness (QED) is 0.454. The number of hydrogen-bond donors (Lipinski definition) is 0. The van der Waals surface area contributed by atoms with Crippen LogP contribution in [0.5, 0.6) is 0 Å². The average Bonchev–Trinajstić information content (AvgIpc) is 1.82. The molecule has 1 fully saturated rings. The maximum Gasteiger partial charge on any atom is 0.140 e. The van der Waals surface area contributed by atoms with Gasteiger partial charge in [-0.25, -0.2) is 0 Å². The fraction of sp³-hybridized carbons (Fsp3) is 0.714. The molecule has 0 aromatic rings. The molecule has 0 bridgehead atoms. The molecule has 0 amide bonds. The van der Waals surface area contributed by atoms with Crippen LogP contribution in [0.1, 0.15) is 27.5 Å². The van der Waals surface area contributed by atoms with E-state index in [9.17, 15) is 9.59 Å². The molecular formula is C7H10O2. The fourth-order valence-electron chi connectivity index (χ4n) is 1.06. The number of rotatable bonds is 0. The first kappa shape index (κ1) is 5.15. The third kappa shape index (κ3) is 1.63. The molecule has 0 aromatic carbocycles. The number of ketones is 2. The summed E-state index contributed by atoms with van der Waals surface area (Å²) in [6.45, 7) is 1.86. The van der Waals surface area contributed by atoms with Gasteiger partial charge in [-0.05, 0) is 5.92 Å². The standard InChI is InChI=1S/C7H10O2/c1-5-2-6(8)4-7(9)3-5/h5H,2-4H2,1H3/i4D. The van der Waals surface area contributed by atoms with E-state index in [0.717, 1.165) is 0 Å². The van der Waals surface area contributed by atoms with Crippen LogP contribution in [0, 0.1) is 5.92 Å². The van der Waals surface area contributed by atoms with Gasteiger partial charge >= 0.3 is 0 Å². The molecule has 1 aliphatic rings. The molecule has 2 heteroatoms. The molecule has 9 heavy (non-hydrogen) atoms. The van der Waals surface area contributed by atoms with Gasteiger partial charge in [-0.3, -0.25) is 9.59 Å². The van der Waals surface area contributed by atoms with Crippen molar-refractivity contribution in [3.8, 4) is 0 Å². The topological polar surface area (TPSA) is 34.1 Å². The van der Waals surface area contributed by atoms with Crippen molar-refractivity contribution in [3.63, 3.8) is 0 Å². The predicted molar refractivity (Wildman–Crippen MR) is 33.0 cm³/mol. The molecule has 0 saturated heterocycles. The van der Waals surface area contributed by atoms with Crippen molar-refractivity contribution in [2.24, 2.45) is 5.92 Å². The van der Waals surface area contributed by atoms with Crippen LogP contribution >= 0.6 is 0 Å². The summed E-state index contributed by atoms with van der Waals surface area (Å²) >= 11 is 0. The Morgan fingerprint density at radius 1 is 1.44 bits per heavy atom. The highest BCUT2D eigenvalue weighted by molar-refractivity contribution is 6.01. The van der Waals surface area contributed by atoms with Crippen LogP contribution in [0.4, 0.5) is 0 Å². The molecule has 0 radical (unpaired) electrons. The summed E-state index contributed by atoms with van der Waals surface area (Å²) in [4.78, 5) is 21.6. The third-order valence-corrected chi connectivity index (χ3v) is 1.42. The van der Waals surface area contributed by atoms with Crippen LogP contribution in [0.2, 0.25) is 0 Å². The number of Topliss-reactive ketones (excluding diaryl/α,β-unsaturated/α-hetero) is 2. The summed E-state index contributed by atoms with van der Waals surface area (Å²) in [5.74, 6) is -0.283. The lowest BCUT2D eigenvalue weighted by Crippen LogP contribution is -2.20. The van der Waals surface area contributed by atoms with Crippen molar-refractivity contribution in [3.05, 3.63) is 0 Å². The Morgan fingerprint density at radius 2 is 1.89 bits per heavy atom. The molecule has 0 N–H and O–H groups in total. The van der Waals surface area contributed by atoms with E-state index >= 15 is 0 Å². The summed E-state index contributed by atoms with van der Waals surface area (Å²) in [5.41, 5.74) is 0. The Kier molecular flexibility index (Phi) is 1.31. The van der Waals surface area contributed by atoms with Crippen molar-refractivity contribution < 1.29 is 11.0 Å². The molecule has 0 unspecified atom stereocenters. The molecule has 2 nitrogen and oxygen atoms in total. The smallest absolute Gasteiger partial charge is 0.140 e. The van der Waals surface area contributed by atoms with Crippen LogP contribution in [-0.4, -0.2) is 11.6 Å². The molecule has 1 saturated carbocycles. The van der Waals surface area contributed by atoms with E-state index < -0.39 is 6.40 Å². The Labute approximate surface area is 55.7 Å². The van der Waals surface area contributed by atoms with Crippen molar-refractivity contribution >= 4 is 11.6 Å². The van der Waals surface area contributed by atoms with Gasteiger partial charge in [0.25, 0.3) is 0 Å². The molecule has 1 rings (SSSR count).